The molecule has 1 atom stereocenters. The zero-order chi connectivity index (χ0) is 11.9. The van der Waals surface area contributed by atoms with Crippen LogP contribution in [0.3, 0.4) is 0 Å². The summed E-state index contributed by atoms with van der Waals surface area (Å²) < 4.78 is 0. The van der Waals surface area contributed by atoms with E-state index in [0.29, 0.717) is 5.95 Å². The molecule has 7 nitrogen and oxygen atoms in total. The van der Waals surface area contributed by atoms with Gasteiger partial charge in [0.2, 0.25) is 5.91 Å². The largest absolute Gasteiger partial charge is 0.317 e. The second-order valence-electron chi connectivity index (χ2n) is 4.96. The van der Waals surface area contributed by atoms with Crippen molar-refractivity contribution in [2.45, 2.75) is 19.3 Å². The monoisotopic (exact) mass is 236 g/mol. The Morgan fingerprint density at radius 2 is 2.29 bits per heavy atom. The maximum Gasteiger partial charge on any atom is 0.270 e. The number of anilines is 1. The summed E-state index contributed by atoms with van der Waals surface area (Å²) in [6.07, 6.45) is 3.19. The van der Waals surface area contributed by atoms with Gasteiger partial charge in [-0.2, -0.15) is 4.80 Å². The van der Waals surface area contributed by atoms with Crippen LogP contribution in [0.25, 0.3) is 0 Å². The smallest absolute Gasteiger partial charge is 0.270 e. The normalized spacial score (nSPS) is 25.8. The zero-order valence-electron chi connectivity index (χ0n) is 9.81. The van der Waals surface area contributed by atoms with Crippen molar-refractivity contribution in [3.05, 3.63) is 0 Å². The van der Waals surface area contributed by atoms with Gasteiger partial charge in [0.15, 0.2) is 0 Å². The van der Waals surface area contributed by atoms with Crippen LogP contribution < -0.4 is 10.6 Å². The number of rotatable bonds is 2. The summed E-state index contributed by atoms with van der Waals surface area (Å²) in [4.78, 5) is 13.3. The lowest BCUT2D eigenvalue weighted by Crippen LogP contribution is -2.31. The number of nitrogens with zero attached hydrogens (tertiary/aromatic N) is 4. The summed E-state index contributed by atoms with van der Waals surface area (Å²) in [5, 5.41) is 17.4. The SMILES string of the molecule is Cn1nnc(NC(=O)C2CC23CCNCC3)n1. The number of nitrogens with one attached hydrogen (secondary N) is 2. The average Bonchev–Trinajstić information content (AvgIpc) is 2.85. The molecule has 2 aliphatic rings. The lowest BCUT2D eigenvalue weighted by molar-refractivity contribution is -0.118. The highest BCUT2D eigenvalue weighted by molar-refractivity contribution is 5.93. The van der Waals surface area contributed by atoms with Crippen LogP contribution in [0.2, 0.25) is 0 Å². The number of hydrogen-bond acceptors (Lipinski definition) is 5. The van der Waals surface area contributed by atoms with Crippen LogP contribution in [0.15, 0.2) is 0 Å². The number of piperidine rings is 1. The van der Waals surface area contributed by atoms with Crippen LogP contribution >= 0.6 is 0 Å². The molecular weight excluding hydrogens is 220 g/mol. The second kappa shape index (κ2) is 3.76. The first kappa shape index (κ1) is 10.6. The van der Waals surface area contributed by atoms with Gasteiger partial charge in [-0.1, -0.05) is 5.10 Å². The molecule has 1 amide bonds. The first-order chi connectivity index (χ1) is 8.20. The van der Waals surface area contributed by atoms with E-state index < -0.39 is 0 Å². The van der Waals surface area contributed by atoms with E-state index in [1.54, 1.807) is 7.05 Å². The number of aryl methyl sites for hydroxylation is 1. The topological polar surface area (TPSA) is 84.7 Å². The Labute approximate surface area is 98.9 Å². The Hall–Kier alpha value is -1.50. The molecule has 0 bridgehead atoms. The average molecular weight is 236 g/mol. The minimum Gasteiger partial charge on any atom is -0.317 e. The first-order valence-electron chi connectivity index (χ1n) is 5.95. The van der Waals surface area contributed by atoms with E-state index in [0.717, 1.165) is 32.4 Å². The third-order valence-electron chi connectivity index (χ3n) is 3.85. The second-order valence-corrected chi connectivity index (χ2v) is 4.96. The third kappa shape index (κ3) is 1.90. The van der Waals surface area contributed by atoms with Crippen molar-refractivity contribution in [2.75, 3.05) is 18.4 Å². The first-order valence-corrected chi connectivity index (χ1v) is 5.95. The van der Waals surface area contributed by atoms with Gasteiger partial charge in [-0.15, -0.1) is 5.10 Å². The third-order valence-corrected chi connectivity index (χ3v) is 3.85. The quantitative estimate of drug-likeness (QED) is 0.725. The minimum absolute atomic E-state index is 0.0416. The Balaban J connectivity index is 1.61. The van der Waals surface area contributed by atoms with Gasteiger partial charge in [-0.05, 0) is 43.0 Å². The standard InChI is InChI=1S/C10H16N6O/c1-16-14-9(13-15-16)12-8(17)7-6-10(7)2-4-11-5-3-10/h7,11H,2-6H2,1H3,(H,12,14,17). The van der Waals surface area contributed by atoms with Crippen molar-refractivity contribution in [1.29, 1.82) is 0 Å². The maximum atomic E-state index is 12.0. The van der Waals surface area contributed by atoms with E-state index in [1.165, 1.54) is 4.80 Å². The number of amides is 1. The molecule has 1 aliphatic carbocycles. The summed E-state index contributed by atoms with van der Waals surface area (Å²) in [6, 6.07) is 0. The number of tetrazole rings is 1. The van der Waals surface area contributed by atoms with E-state index in [9.17, 15) is 4.79 Å². The summed E-state index contributed by atoms with van der Waals surface area (Å²) >= 11 is 0. The minimum atomic E-state index is 0.0416. The Kier molecular flexibility index (Phi) is 2.36. The maximum absolute atomic E-state index is 12.0. The molecule has 2 fully saturated rings. The van der Waals surface area contributed by atoms with E-state index in [4.69, 9.17) is 0 Å². The molecule has 1 aliphatic heterocycles. The summed E-state index contributed by atoms with van der Waals surface area (Å²) in [6.45, 7) is 2.04. The van der Waals surface area contributed by atoms with E-state index in [1.807, 2.05) is 0 Å². The number of aromatic nitrogens is 4. The van der Waals surface area contributed by atoms with Crippen LogP contribution in [-0.4, -0.2) is 39.2 Å². The van der Waals surface area contributed by atoms with E-state index in [-0.39, 0.29) is 17.2 Å². The molecule has 3 rings (SSSR count). The van der Waals surface area contributed by atoms with E-state index >= 15 is 0 Å². The van der Waals surface area contributed by atoms with Gasteiger partial charge >= 0.3 is 0 Å². The summed E-state index contributed by atoms with van der Waals surface area (Å²) in [5.74, 6) is 0.474. The van der Waals surface area contributed by atoms with Gasteiger partial charge in [0, 0.05) is 5.92 Å². The number of carbonyl (C=O) groups excluding carboxylic acids is 1. The number of carbonyl (C=O) groups is 1. The van der Waals surface area contributed by atoms with Crippen molar-refractivity contribution in [3.63, 3.8) is 0 Å². The van der Waals surface area contributed by atoms with Crippen molar-refractivity contribution in [3.8, 4) is 0 Å². The van der Waals surface area contributed by atoms with Gasteiger partial charge in [0.1, 0.15) is 0 Å². The molecule has 1 saturated carbocycles. The molecule has 7 heteroatoms. The highest BCUT2D eigenvalue weighted by Gasteiger charge is 2.57. The fourth-order valence-electron chi connectivity index (χ4n) is 2.73. The van der Waals surface area contributed by atoms with Gasteiger partial charge in [0.25, 0.3) is 5.95 Å². The lowest BCUT2D eigenvalue weighted by atomic mass is 9.92. The van der Waals surface area contributed by atoms with E-state index in [2.05, 4.69) is 26.0 Å². The predicted molar refractivity (Wildman–Crippen MR) is 60.1 cm³/mol. The van der Waals surface area contributed by atoms with Gasteiger partial charge in [-0.25, -0.2) is 0 Å². The van der Waals surface area contributed by atoms with Crippen LogP contribution in [0.5, 0.6) is 0 Å². The van der Waals surface area contributed by atoms with Gasteiger partial charge in [-0.3, -0.25) is 10.1 Å². The molecule has 1 saturated heterocycles. The molecule has 1 aromatic heterocycles. The Morgan fingerprint density at radius 1 is 1.53 bits per heavy atom. The molecule has 0 aromatic carbocycles. The van der Waals surface area contributed by atoms with Crippen molar-refractivity contribution in [1.82, 2.24) is 25.5 Å². The Morgan fingerprint density at radius 3 is 2.94 bits per heavy atom. The molecule has 1 unspecified atom stereocenters. The summed E-state index contributed by atoms with van der Waals surface area (Å²) in [5.41, 5.74) is 0.248. The van der Waals surface area contributed by atoms with Crippen LogP contribution in [0.1, 0.15) is 19.3 Å². The fraction of sp³-hybridized carbons (Fsp3) is 0.800. The fourth-order valence-corrected chi connectivity index (χ4v) is 2.73. The van der Waals surface area contributed by atoms with Gasteiger partial charge < -0.3 is 5.32 Å². The lowest BCUT2D eigenvalue weighted by Gasteiger charge is -2.22. The molecule has 1 aromatic rings. The van der Waals surface area contributed by atoms with Gasteiger partial charge in [0.05, 0.1) is 7.05 Å². The van der Waals surface area contributed by atoms with Crippen LogP contribution in [0.4, 0.5) is 5.95 Å². The van der Waals surface area contributed by atoms with Crippen molar-refractivity contribution in [2.24, 2.45) is 18.4 Å². The molecule has 92 valence electrons. The van der Waals surface area contributed by atoms with Crippen molar-refractivity contribution >= 4 is 11.9 Å². The predicted octanol–water partition coefficient (Wildman–Crippen LogP) is -0.462. The van der Waals surface area contributed by atoms with Crippen LogP contribution in [-0.2, 0) is 11.8 Å². The highest BCUT2D eigenvalue weighted by atomic mass is 16.2. The molecular formula is C10H16N6O. The number of hydrogen-bond donors (Lipinski definition) is 2. The molecule has 2 heterocycles. The molecule has 1 spiro atoms. The molecule has 17 heavy (non-hydrogen) atoms. The van der Waals surface area contributed by atoms with Crippen LogP contribution in [0, 0.1) is 11.3 Å². The zero-order valence-corrected chi connectivity index (χ0v) is 9.81. The highest BCUT2D eigenvalue weighted by Crippen LogP contribution is 2.58. The molecule has 2 N–H and O–H groups in total. The van der Waals surface area contributed by atoms with Crippen molar-refractivity contribution < 1.29 is 4.79 Å². The Bertz CT molecular complexity index is 436. The summed E-state index contributed by atoms with van der Waals surface area (Å²) in [7, 11) is 1.67. The molecule has 0 radical (unpaired) electrons.